The van der Waals surface area contributed by atoms with Gasteiger partial charge in [-0.05, 0) is 50.1 Å². The predicted molar refractivity (Wildman–Crippen MR) is 82.9 cm³/mol. The van der Waals surface area contributed by atoms with Crippen LogP contribution in [0, 0.1) is 20.8 Å². The second kappa shape index (κ2) is 5.88. The molecule has 0 atom stereocenters. The van der Waals surface area contributed by atoms with Crippen molar-refractivity contribution in [1.82, 2.24) is 0 Å². The van der Waals surface area contributed by atoms with Gasteiger partial charge in [-0.25, -0.2) is 8.42 Å². The fourth-order valence-electron chi connectivity index (χ4n) is 2.37. The van der Waals surface area contributed by atoms with Gasteiger partial charge in [-0.1, -0.05) is 23.8 Å². The Hall–Kier alpha value is -2.02. The molecule has 0 fully saturated rings. The second-order valence-corrected chi connectivity index (χ2v) is 7.09. The summed E-state index contributed by atoms with van der Waals surface area (Å²) >= 11 is 0. The van der Waals surface area contributed by atoms with Gasteiger partial charge in [0.05, 0.1) is 16.1 Å². The molecule has 2 aromatic rings. The summed E-state index contributed by atoms with van der Waals surface area (Å²) in [7, 11) is -4.10. The molecule has 7 heteroatoms. The summed E-state index contributed by atoms with van der Waals surface area (Å²) in [6.07, 6.45) is -4.60. The summed E-state index contributed by atoms with van der Waals surface area (Å²) in [5.41, 5.74) is 1.77. The standard InChI is InChI=1S/C16H16F3NO2S/c1-10-7-11(2)15(12(3)8-10)20-23(21,22)14-6-4-5-13(9-14)16(17,18)19/h4-9,20H,1-3H3. The third-order valence-electron chi connectivity index (χ3n) is 3.39. The van der Waals surface area contributed by atoms with Gasteiger partial charge in [0.1, 0.15) is 0 Å². The minimum atomic E-state index is -4.60. The van der Waals surface area contributed by atoms with Crippen LogP contribution in [-0.4, -0.2) is 8.42 Å². The van der Waals surface area contributed by atoms with Crippen LogP contribution >= 0.6 is 0 Å². The fraction of sp³-hybridized carbons (Fsp3) is 0.250. The minimum absolute atomic E-state index is 0.382. The normalized spacial score (nSPS) is 12.3. The smallest absolute Gasteiger partial charge is 0.279 e. The lowest BCUT2D eigenvalue weighted by Crippen LogP contribution is -2.16. The fourth-order valence-corrected chi connectivity index (χ4v) is 3.62. The Kier molecular flexibility index (Phi) is 4.43. The first-order valence-electron chi connectivity index (χ1n) is 6.78. The Balaban J connectivity index is 2.45. The Bertz CT molecular complexity index is 820. The first kappa shape index (κ1) is 17.3. The van der Waals surface area contributed by atoms with E-state index < -0.39 is 26.7 Å². The van der Waals surface area contributed by atoms with Gasteiger partial charge in [-0.15, -0.1) is 0 Å². The molecule has 1 N–H and O–H groups in total. The molecular formula is C16H16F3NO2S. The Labute approximate surface area is 133 Å². The van der Waals surface area contributed by atoms with Crippen molar-refractivity contribution in [3.63, 3.8) is 0 Å². The lowest BCUT2D eigenvalue weighted by molar-refractivity contribution is -0.137. The zero-order chi connectivity index (χ0) is 17.4. The molecule has 0 aromatic heterocycles. The maximum absolute atomic E-state index is 12.7. The molecule has 0 amide bonds. The topological polar surface area (TPSA) is 46.2 Å². The van der Waals surface area contributed by atoms with Crippen molar-refractivity contribution in [3.8, 4) is 0 Å². The van der Waals surface area contributed by atoms with Crippen LogP contribution in [0.1, 0.15) is 22.3 Å². The van der Waals surface area contributed by atoms with E-state index in [2.05, 4.69) is 4.72 Å². The molecule has 3 nitrogen and oxygen atoms in total. The molecule has 0 aliphatic rings. The average molecular weight is 343 g/mol. The molecule has 0 radical (unpaired) electrons. The molecule has 2 rings (SSSR count). The molecule has 0 aliphatic heterocycles. The van der Waals surface area contributed by atoms with Crippen molar-refractivity contribution in [2.45, 2.75) is 31.8 Å². The van der Waals surface area contributed by atoms with Gasteiger partial charge in [0.2, 0.25) is 0 Å². The first-order chi connectivity index (χ1) is 10.5. The van der Waals surface area contributed by atoms with Crippen LogP contribution in [-0.2, 0) is 16.2 Å². The molecule has 23 heavy (non-hydrogen) atoms. The van der Waals surface area contributed by atoms with E-state index in [0.717, 1.165) is 23.8 Å². The zero-order valence-corrected chi connectivity index (χ0v) is 13.6. The highest BCUT2D eigenvalue weighted by atomic mass is 32.2. The van der Waals surface area contributed by atoms with Gasteiger partial charge < -0.3 is 0 Å². The summed E-state index contributed by atoms with van der Waals surface area (Å²) in [4.78, 5) is -0.424. The predicted octanol–water partition coefficient (Wildman–Crippen LogP) is 4.43. The Morgan fingerprint density at radius 3 is 2.04 bits per heavy atom. The molecular weight excluding hydrogens is 327 g/mol. The van der Waals surface area contributed by atoms with Crippen LogP contribution in [0.5, 0.6) is 0 Å². The largest absolute Gasteiger partial charge is 0.416 e. The third-order valence-corrected chi connectivity index (χ3v) is 4.73. The van der Waals surface area contributed by atoms with Crippen molar-refractivity contribution in [3.05, 3.63) is 58.7 Å². The lowest BCUT2D eigenvalue weighted by atomic mass is 10.1. The van der Waals surface area contributed by atoms with Crippen LogP contribution in [0.3, 0.4) is 0 Å². The molecule has 0 saturated heterocycles. The van der Waals surface area contributed by atoms with Crippen LogP contribution in [0.2, 0.25) is 0 Å². The first-order valence-corrected chi connectivity index (χ1v) is 8.27. The molecule has 124 valence electrons. The van der Waals surface area contributed by atoms with Crippen molar-refractivity contribution in [1.29, 1.82) is 0 Å². The van der Waals surface area contributed by atoms with Gasteiger partial charge >= 0.3 is 6.18 Å². The lowest BCUT2D eigenvalue weighted by Gasteiger charge is -2.15. The summed E-state index contributed by atoms with van der Waals surface area (Å²) in [5.74, 6) is 0. The van der Waals surface area contributed by atoms with Crippen molar-refractivity contribution in [2.24, 2.45) is 0 Å². The van der Waals surface area contributed by atoms with E-state index in [9.17, 15) is 21.6 Å². The SMILES string of the molecule is Cc1cc(C)c(NS(=O)(=O)c2cccc(C(F)(F)F)c2)c(C)c1. The molecule has 0 spiro atoms. The van der Waals surface area contributed by atoms with E-state index >= 15 is 0 Å². The van der Waals surface area contributed by atoms with Crippen LogP contribution < -0.4 is 4.72 Å². The summed E-state index contributed by atoms with van der Waals surface area (Å²) < 4.78 is 65.4. The maximum atomic E-state index is 12.7. The number of benzene rings is 2. The highest BCUT2D eigenvalue weighted by Crippen LogP contribution is 2.31. The van der Waals surface area contributed by atoms with Crippen LogP contribution in [0.25, 0.3) is 0 Å². The number of sulfonamides is 1. The van der Waals surface area contributed by atoms with Gasteiger partial charge in [0.25, 0.3) is 10.0 Å². The Morgan fingerprint density at radius 1 is 0.957 bits per heavy atom. The molecule has 0 unspecified atom stereocenters. The van der Waals surface area contributed by atoms with Crippen LogP contribution in [0.15, 0.2) is 41.3 Å². The summed E-state index contributed by atoms with van der Waals surface area (Å²) in [6.45, 7) is 5.36. The van der Waals surface area contributed by atoms with Crippen molar-refractivity contribution < 1.29 is 21.6 Å². The molecule has 2 aromatic carbocycles. The number of anilines is 1. The summed E-state index contributed by atoms with van der Waals surface area (Å²) in [6, 6.07) is 7.28. The van der Waals surface area contributed by atoms with E-state index in [1.807, 2.05) is 6.92 Å². The van der Waals surface area contributed by atoms with E-state index in [-0.39, 0.29) is 0 Å². The molecule has 0 saturated carbocycles. The number of alkyl halides is 3. The summed E-state index contributed by atoms with van der Waals surface area (Å²) in [5, 5.41) is 0. The van der Waals surface area contributed by atoms with E-state index in [1.54, 1.807) is 26.0 Å². The van der Waals surface area contributed by atoms with Gasteiger partial charge in [0.15, 0.2) is 0 Å². The third kappa shape index (κ3) is 3.85. The Morgan fingerprint density at radius 2 is 1.52 bits per heavy atom. The number of nitrogens with one attached hydrogen (secondary N) is 1. The number of halogens is 3. The number of rotatable bonds is 3. The maximum Gasteiger partial charge on any atom is 0.416 e. The van der Waals surface area contributed by atoms with Gasteiger partial charge in [-0.2, -0.15) is 13.2 Å². The number of hydrogen-bond donors (Lipinski definition) is 1. The second-order valence-electron chi connectivity index (χ2n) is 5.40. The number of aryl methyl sites for hydroxylation is 3. The minimum Gasteiger partial charge on any atom is -0.279 e. The molecule has 0 heterocycles. The zero-order valence-electron chi connectivity index (χ0n) is 12.8. The van der Waals surface area contributed by atoms with E-state index in [0.29, 0.717) is 22.9 Å². The quantitative estimate of drug-likeness (QED) is 0.896. The average Bonchev–Trinajstić information content (AvgIpc) is 2.42. The van der Waals surface area contributed by atoms with Gasteiger partial charge in [-0.3, -0.25) is 4.72 Å². The van der Waals surface area contributed by atoms with Crippen LogP contribution in [0.4, 0.5) is 18.9 Å². The molecule has 0 aliphatic carbocycles. The van der Waals surface area contributed by atoms with E-state index in [1.165, 1.54) is 0 Å². The molecule has 0 bridgehead atoms. The highest BCUT2D eigenvalue weighted by Gasteiger charge is 2.31. The van der Waals surface area contributed by atoms with E-state index in [4.69, 9.17) is 0 Å². The highest BCUT2D eigenvalue weighted by molar-refractivity contribution is 7.92. The number of hydrogen-bond acceptors (Lipinski definition) is 2. The van der Waals surface area contributed by atoms with Crippen molar-refractivity contribution >= 4 is 15.7 Å². The van der Waals surface area contributed by atoms with Gasteiger partial charge in [0, 0.05) is 0 Å². The monoisotopic (exact) mass is 343 g/mol. The van der Waals surface area contributed by atoms with Crippen molar-refractivity contribution in [2.75, 3.05) is 4.72 Å².